The maximum Gasteiger partial charge on any atom is 0.142 e. The standard InChI is InChI=1S/C12H12O2/c1-2-10-14-12-8-4-3-6-11(12)7-5-9-13/h2-9H,1,10H2/b7-5+. The Morgan fingerprint density at radius 1 is 1.36 bits per heavy atom. The Morgan fingerprint density at radius 2 is 2.14 bits per heavy atom. The van der Waals surface area contributed by atoms with Gasteiger partial charge in [0.15, 0.2) is 0 Å². The molecule has 0 spiro atoms. The van der Waals surface area contributed by atoms with Gasteiger partial charge >= 0.3 is 0 Å². The second kappa shape index (κ2) is 5.75. The summed E-state index contributed by atoms with van der Waals surface area (Å²) in [6.07, 6.45) is 5.58. The van der Waals surface area contributed by atoms with Crippen molar-refractivity contribution >= 4 is 12.4 Å². The van der Waals surface area contributed by atoms with Crippen LogP contribution in [-0.4, -0.2) is 12.9 Å². The van der Waals surface area contributed by atoms with E-state index in [1.54, 1.807) is 12.2 Å². The van der Waals surface area contributed by atoms with Gasteiger partial charge in [0.05, 0.1) is 0 Å². The minimum Gasteiger partial charge on any atom is -0.489 e. The molecule has 2 nitrogen and oxygen atoms in total. The van der Waals surface area contributed by atoms with Crippen LogP contribution < -0.4 is 4.74 Å². The summed E-state index contributed by atoms with van der Waals surface area (Å²) in [5, 5.41) is 0. The van der Waals surface area contributed by atoms with Crippen LogP contribution in [0.5, 0.6) is 5.75 Å². The van der Waals surface area contributed by atoms with Crippen molar-refractivity contribution in [1.29, 1.82) is 0 Å². The molecule has 0 fully saturated rings. The predicted octanol–water partition coefficient (Wildman–Crippen LogP) is 2.46. The summed E-state index contributed by atoms with van der Waals surface area (Å²) < 4.78 is 5.40. The van der Waals surface area contributed by atoms with Crippen LogP contribution in [0.25, 0.3) is 6.08 Å². The first-order chi connectivity index (χ1) is 6.88. The lowest BCUT2D eigenvalue weighted by Crippen LogP contribution is -1.94. The second-order valence-corrected chi connectivity index (χ2v) is 2.63. The molecule has 1 aromatic carbocycles. The van der Waals surface area contributed by atoms with Crippen molar-refractivity contribution in [2.75, 3.05) is 6.61 Å². The van der Waals surface area contributed by atoms with Crippen LogP contribution in [0.2, 0.25) is 0 Å². The zero-order chi connectivity index (χ0) is 10.2. The Morgan fingerprint density at radius 3 is 2.86 bits per heavy atom. The highest BCUT2D eigenvalue weighted by Crippen LogP contribution is 2.18. The van der Waals surface area contributed by atoms with E-state index in [4.69, 9.17) is 4.74 Å². The third-order valence-corrected chi connectivity index (χ3v) is 1.63. The first-order valence-corrected chi connectivity index (χ1v) is 4.33. The summed E-state index contributed by atoms with van der Waals surface area (Å²) in [5.41, 5.74) is 0.890. The van der Waals surface area contributed by atoms with Crippen molar-refractivity contribution in [3.8, 4) is 5.75 Å². The molecule has 0 saturated carbocycles. The van der Waals surface area contributed by atoms with Crippen LogP contribution in [0.1, 0.15) is 5.56 Å². The highest BCUT2D eigenvalue weighted by molar-refractivity contribution is 5.75. The molecule has 0 heterocycles. The number of para-hydroxylation sites is 1. The van der Waals surface area contributed by atoms with Crippen molar-refractivity contribution in [3.63, 3.8) is 0 Å². The van der Waals surface area contributed by atoms with E-state index in [0.717, 1.165) is 17.6 Å². The molecule has 0 bridgehead atoms. The second-order valence-electron chi connectivity index (χ2n) is 2.63. The minimum absolute atomic E-state index is 0.464. The van der Waals surface area contributed by atoms with Gasteiger partial charge in [0.1, 0.15) is 18.6 Å². The quantitative estimate of drug-likeness (QED) is 0.403. The van der Waals surface area contributed by atoms with Gasteiger partial charge in [-0.15, -0.1) is 0 Å². The molecule has 0 radical (unpaired) electrons. The van der Waals surface area contributed by atoms with Crippen LogP contribution in [-0.2, 0) is 4.79 Å². The average molecular weight is 188 g/mol. The van der Waals surface area contributed by atoms with Crippen LogP contribution in [0.3, 0.4) is 0 Å². The van der Waals surface area contributed by atoms with E-state index in [-0.39, 0.29) is 0 Å². The van der Waals surface area contributed by atoms with E-state index < -0.39 is 0 Å². The van der Waals surface area contributed by atoms with E-state index in [2.05, 4.69) is 6.58 Å². The highest BCUT2D eigenvalue weighted by atomic mass is 16.5. The highest BCUT2D eigenvalue weighted by Gasteiger charge is 1.97. The number of hydrogen-bond donors (Lipinski definition) is 0. The normalized spacial score (nSPS) is 10.0. The van der Waals surface area contributed by atoms with Gasteiger partial charge in [-0.05, 0) is 18.2 Å². The van der Waals surface area contributed by atoms with E-state index >= 15 is 0 Å². The summed E-state index contributed by atoms with van der Waals surface area (Å²) in [4.78, 5) is 10.2. The number of ether oxygens (including phenoxy) is 1. The van der Waals surface area contributed by atoms with Gasteiger partial charge in [-0.2, -0.15) is 0 Å². The maximum absolute atomic E-state index is 10.2. The molecule has 72 valence electrons. The zero-order valence-corrected chi connectivity index (χ0v) is 7.85. The summed E-state index contributed by atoms with van der Waals surface area (Å²) in [6.45, 7) is 4.03. The van der Waals surface area contributed by atoms with Gasteiger partial charge in [0.2, 0.25) is 0 Å². The third-order valence-electron chi connectivity index (χ3n) is 1.63. The number of allylic oxidation sites excluding steroid dienone is 1. The summed E-state index contributed by atoms with van der Waals surface area (Å²) in [6, 6.07) is 7.52. The van der Waals surface area contributed by atoms with Crippen molar-refractivity contribution in [2.45, 2.75) is 0 Å². The molecule has 0 aliphatic carbocycles. The Kier molecular flexibility index (Phi) is 4.21. The van der Waals surface area contributed by atoms with Crippen molar-refractivity contribution in [2.24, 2.45) is 0 Å². The topological polar surface area (TPSA) is 26.3 Å². The molecule has 0 atom stereocenters. The summed E-state index contributed by atoms with van der Waals surface area (Å²) >= 11 is 0. The number of carbonyl (C=O) groups is 1. The van der Waals surface area contributed by atoms with Gasteiger partial charge in [0, 0.05) is 5.56 Å². The molecule has 0 saturated heterocycles. The molecule has 14 heavy (non-hydrogen) atoms. The van der Waals surface area contributed by atoms with Gasteiger partial charge in [-0.25, -0.2) is 0 Å². The monoisotopic (exact) mass is 188 g/mol. The smallest absolute Gasteiger partial charge is 0.142 e. The fraction of sp³-hybridized carbons (Fsp3) is 0.0833. The summed E-state index contributed by atoms with van der Waals surface area (Å²) in [5.74, 6) is 0.755. The van der Waals surface area contributed by atoms with Crippen molar-refractivity contribution in [1.82, 2.24) is 0 Å². The minimum atomic E-state index is 0.464. The SMILES string of the molecule is C=CCOc1ccccc1/C=C/C=O. The fourth-order valence-corrected chi connectivity index (χ4v) is 1.04. The van der Waals surface area contributed by atoms with Gasteiger partial charge in [-0.3, -0.25) is 4.79 Å². The first kappa shape index (κ1) is 10.3. The molecule has 1 aromatic rings. The molecule has 0 aromatic heterocycles. The lowest BCUT2D eigenvalue weighted by atomic mass is 10.2. The Labute approximate surface area is 83.5 Å². The molecule has 1 rings (SSSR count). The molecular formula is C12H12O2. The van der Waals surface area contributed by atoms with Crippen molar-refractivity contribution in [3.05, 3.63) is 48.6 Å². The zero-order valence-electron chi connectivity index (χ0n) is 7.85. The van der Waals surface area contributed by atoms with E-state index in [0.29, 0.717) is 6.61 Å². The average Bonchev–Trinajstić information content (AvgIpc) is 2.24. The molecular weight excluding hydrogens is 176 g/mol. The Balaban J connectivity index is 2.84. The van der Waals surface area contributed by atoms with E-state index in [9.17, 15) is 4.79 Å². The van der Waals surface area contributed by atoms with E-state index in [1.165, 1.54) is 6.08 Å². The molecule has 0 aliphatic heterocycles. The van der Waals surface area contributed by atoms with Gasteiger partial charge in [-0.1, -0.05) is 30.9 Å². The molecule has 0 unspecified atom stereocenters. The third kappa shape index (κ3) is 2.90. The molecule has 2 heteroatoms. The maximum atomic E-state index is 10.2. The lowest BCUT2D eigenvalue weighted by Gasteiger charge is -2.05. The van der Waals surface area contributed by atoms with Crippen LogP contribution in [0, 0.1) is 0 Å². The first-order valence-electron chi connectivity index (χ1n) is 4.33. The fourth-order valence-electron chi connectivity index (χ4n) is 1.04. The molecule has 0 N–H and O–H groups in total. The van der Waals surface area contributed by atoms with Crippen molar-refractivity contribution < 1.29 is 9.53 Å². The van der Waals surface area contributed by atoms with Crippen LogP contribution in [0.15, 0.2) is 43.0 Å². The predicted molar refractivity (Wildman–Crippen MR) is 57.2 cm³/mol. The number of carbonyl (C=O) groups excluding carboxylic acids is 1. The number of aldehydes is 1. The Hall–Kier alpha value is -1.83. The summed E-state index contributed by atoms with van der Waals surface area (Å²) in [7, 11) is 0. The molecule has 0 aliphatic rings. The number of rotatable bonds is 5. The van der Waals surface area contributed by atoms with Crippen LogP contribution >= 0.6 is 0 Å². The van der Waals surface area contributed by atoms with E-state index in [1.807, 2.05) is 24.3 Å². The van der Waals surface area contributed by atoms with Crippen LogP contribution in [0.4, 0.5) is 0 Å². The largest absolute Gasteiger partial charge is 0.489 e. The lowest BCUT2D eigenvalue weighted by molar-refractivity contribution is -0.104. The van der Waals surface area contributed by atoms with Gasteiger partial charge in [0.25, 0.3) is 0 Å². The number of hydrogen-bond acceptors (Lipinski definition) is 2. The Bertz CT molecular complexity index is 340. The molecule has 0 amide bonds. The van der Waals surface area contributed by atoms with Gasteiger partial charge < -0.3 is 4.74 Å². The number of benzene rings is 1.